The van der Waals surface area contributed by atoms with Crippen LogP contribution >= 0.6 is 0 Å². The third-order valence-corrected chi connectivity index (χ3v) is 8.58. The van der Waals surface area contributed by atoms with E-state index >= 15 is 0 Å². The van der Waals surface area contributed by atoms with E-state index in [9.17, 15) is 4.39 Å². The molecule has 9 nitrogen and oxygen atoms in total. The number of halogens is 1. The molecule has 4 heterocycles. The Morgan fingerprint density at radius 3 is 2.84 bits per heavy atom. The van der Waals surface area contributed by atoms with Crippen LogP contribution in [0, 0.1) is 12.7 Å². The highest BCUT2D eigenvalue weighted by Gasteiger charge is 2.43. The van der Waals surface area contributed by atoms with Gasteiger partial charge >= 0.3 is 0 Å². The Kier molecular flexibility index (Phi) is 6.94. The van der Waals surface area contributed by atoms with Gasteiger partial charge in [-0.1, -0.05) is 10.7 Å². The largest absolute Gasteiger partial charge is 0.494 e. The Bertz CT molecular complexity index is 1350. The molecule has 0 spiro atoms. The molecule has 0 bridgehead atoms. The Morgan fingerprint density at radius 2 is 2.00 bits per heavy atom. The summed E-state index contributed by atoms with van der Waals surface area (Å²) in [7, 11) is 1.53. The van der Waals surface area contributed by atoms with E-state index in [1.165, 1.54) is 18.5 Å². The van der Waals surface area contributed by atoms with Gasteiger partial charge in [0.1, 0.15) is 41.3 Å². The highest BCUT2D eigenvalue weighted by atomic mass is 32.2. The first kappa shape index (κ1) is 24.5. The molecule has 2 aromatic carbocycles. The minimum atomic E-state index is -0.394. The fourth-order valence-electron chi connectivity index (χ4n) is 5.06. The lowest BCUT2D eigenvalue weighted by Crippen LogP contribution is -2.32. The molecule has 11 heteroatoms. The standard InChI is InChI=1S/C26H29FN4O5S/c1-15-23-18(12-19(24(15)32-2)31-37-9-7-33-8-10-37)28-14-29-26(23)30-17-4-3-16(27)11-21(17)36-22-13-35-20-5-6-34-25(20)22/h3-4,11-12,14,20,22,25H,5-10,13H2,1-2H3,(H,28,29,30)/t20-,22?,25+/m1/s1. The first-order valence-corrected chi connectivity index (χ1v) is 13.9. The average molecular weight is 529 g/mol. The zero-order valence-corrected chi connectivity index (χ0v) is 21.6. The maximum absolute atomic E-state index is 14.3. The second kappa shape index (κ2) is 10.5. The first-order valence-electron chi connectivity index (χ1n) is 12.4. The Balaban J connectivity index is 1.35. The third-order valence-electron chi connectivity index (χ3n) is 6.85. The number of nitrogens with one attached hydrogen (secondary N) is 1. The summed E-state index contributed by atoms with van der Waals surface area (Å²) in [5, 5.41) is 4.14. The lowest BCUT2D eigenvalue weighted by molar-refractivity contribution is 0.0310. The smallest absolute Gasteiger partial charge is 0.151 e. The molecule has 6 rings (SSSR count). The molecule has 196 valence electrons. The summed E-state index contributed by atoms with van der Waals surface area (Å²) >= 11 is 0. The van der Waals surface area contributed by atoms with Gasteiger partial charge in [-0.05, 0) is 31.5 Å². The van der Waals surface area contributed by atoms with Crippen molar-refractivity contribution in [2.75, 3.05) is 50.4 Å². The molecule has 0 saturated carbocycles. The van der Waals surface area contributed by atoms with E-state index in [1.807, 2.05) is 13.0 Å². The zero-order valence-electron chi connectivity index (χ0n) is 20.7. The van der Waals surface area contributed by atoms with Crippen molar-refractivity contribution in [1.29, 1.82) is 0 Å². The summed E-state index contributed by atoms with van der Waals surface area (Å²) in [4.78, 5) is 9.03. The maximum Gasteiger partial charge on any atom is 0.151 e. The highest BCUT2D eigenvalue weighted by molar-refractivity contribution is 7.87. The molecule has 3 aliphatic heterocycles. The molecule has 1 aromatic heterocycles. The van der Waals surface area contributed by atoms with E-state index in [1.54, 1.807) is 13.2 Å². The van der Waals surface area contributed by atoms with Crippen LogP contribution in [-0.2, 0) is 24.9 Å². The SMILES string of the molecule is COc1c(N=S2CCOCC2)cc2ncnc(Nc3ccc(F)cc3OC3CO[C@@H]4CCO[C@H]34)c2c1C. The summed E-state index contributed by atoms with van der Waals surface area (Å²) in [6.45, 7) is 4.46. The highest BCUT2D eigenvalue weighted by Crippen LogP contribution is 2.41. The molecule has 0 aliphatic carbocycles. The van der Waals surface area contributed by atoms with Crippen molar-refractivity contribution in [3.63, 3.8) is 0 Å². The second-order valence-corrected chi connectivity index (χ2v) is 11.1. The van der Waals surface area contributed by atoms with Crippen molar-refractivity contribution in [3.8, 4) is 11.5 Å². The van der Waals surface area contributed by atoms with Crippen LogP contribution in [0.3, 0.4) is 0 Å². The predicted octanol–water partition coefficient (Wildman–Crippen LogP) is 4.23. The lowest BCUT2D eigenvalue weighted by Gasteiger charge is -2.21. The van der Waals surface area contributed by atoms with E-state index in [2.05, 4.69) is 15.3 Å². The maximum atomic E-state index is 14.3. The number of hydrogen-bond acceptors (Lipinski definition) is 9. The number of nitrogens with zero attached hydrogens (tertiary/aromatic N) is 3. The molecular formula is C26H29FN4O5S. The fourth-order valence-corrected chi connectivity index (χ4v) is 6.48. The lowest BCUT2D eigenvalue weighted by atomic mass is 10.1. The van der Waals surface area contributed by atoms with Gasteiger partial charge in [-0.25, -0.2) is 18.7 Å². The Morgan fingerprint density at radius 1 is 1.14 bits per heavy atom. The number of ether oxygens (including phenoxy) is 5. The number of anilines is 2. The summed E-state index contributed by atoms with van der Waals surface area (Å²) in [6.07, 6.45) is 1.91. The fraction of sp³-hybridized carbons (Fsp3) is 0.462. The number of aromatic nitrogens is 2. The summed E-state index contributed by atoms with van der Waals surface area (Å²) in [5.74, 6) is 3.04. The molecule has 37 heavy (non-hydrogen) atoms. The molecule has 1 unspecified atom stereocenters. The molecule has 1 N–H and O–H groups in total. The molecule has 0 radical (unpaired) electrons. The number of benzene rings is 2. The normalized spacial score (nSPS) is 23.7. The van der Waals surface area contributed by atoms with Gasteiger partial charge in [0.15, 0.2) is 6.10 Å². The van der Waals surface area contributed by atoms with Crippen molar-refractivity contribution < 1.29 is 28.1 Å². The van der Waals surface area contributed by atoms with Crippen LogP contribution in [0.5, 0.6) is 11.5 Å². The molecular weight excluding hydrogens is 499 g/mol. The quantitative estimate of drug-likeness (QED) is 0.508. The van der Waals surface area contributed by atoms with Crippen molar-refractivity contribution in [3.05, 3.63) is 42.0 Å². The van der Waals surface area contributed by atoms with Crippen molar-refractivity contribution in [1.82, 2.24) is 9.97 Å². The van der Waals surface area contributed by atoms with Gasteiger partial charge in [0.25, 0.3) is 0 Å². The summed E-state index contributed by atoms with van der Waals surface area (Å²) in [5.41, 5.74) is 2.97. The molecule has 3 atom stereocenters. The number of fused-ring (bicyclic) bond motifs is 2. The van der Waals surface area contributed by atoms with Gasteiger partial charge in [-0.2, -0.15) is 0 Å². The van der Waals surface area contributed by atoms with Crippen LogP contribution in [-0.4, -0.2) is 73.3 Å². The van der Waals surface area contributed by atoms with Gasteiger partial charge in [-0.3, -0.25) is 0 Å². The van der Waals surface area contributed by atoms with Crippen molar-refractivity contribution in [2.45, 2.75) is 31.7 Å². The van der Waals surface area contributed by atoms with E-state index in [-0.39, 0.29) is 29.0 Å². The number of rotatable bonds is 6. The van der Waals surface area contributed by atoms with Crippen LogP contribution in [0.1, 0.15) is 12.0 Å². The minimum absolute atomic E-state index is 0.0252. The Labute approximate surface area is 216 Å². The van der Waals surface area contributed by atoms with Crippen LogP contribution in [0.4, 0.5) is 21.6 Å². The zero-order chi connectivity index (χ0) is 25.4. The van der Waals surface area contributed by atoms with Gasteiger partial charge in [0.2, 0.25) is 0 Å². The van der Waals surface area contributed by atoms with Crippen LogP contribution < -0.4 is 14.8 Å². The molecule has 3 aliphatic rings. The number of methoxy groups -OCH3 is 1. The van der Waals surface area contributed by atoms with Crippen molar-refractivity contribution in [2.24, 2.45) is 4.36 Å². The molecule has 3 aromatic rings. The third kappa shape index (κ3) is 4.88. The number of aryl methyl sites for hydroxylation is 1. The first-order chi connectivity index (χ1) is 18.1. The van der Waals surface area contributed by atoms with Gasteiger partial charge < -0.3 is 29.0 Å². The van der Waals surface area contributed by atoms with E-state index < -0.39 is 5.82 Å². The van der Waals surface area contributed by atoms with Crippen LogP contribution in [0.15, 0.2) is 35.0 Å². The van der Waals surface area contributed by atoms with Gasteiger partial charge in [-0.15, -0.1) is 0 Å². The minimum Gasteiger partial charge on any atom is -0.494 e. The molecule has 3 saturated heterocycles. The molecule has 0 amide bonds. The van der Waals surface area contributed by atoms with Crippen molar-refractivity contribution >= 4 is 38.8 Å². The van der Waals surface area contributed by atoms with E-state index in [0.29, 0.717) is 36.2 Å². The van der Waals surface area contributed by atoms with Crippen LogP contribution in [0.2, 0.25) is 0 Å². The monoisotopic (exact) mass is 528 g/mol. The summed E-state index contributed by atoms with van der Waals surface area (Å²) < 4.78 is 48.3. The predicted molar refractivity (Wildman–Crippen MR) is 139 cm³/mol. The van der Waals surface area contributed by atoms with Crippen LogP contribution in [0.25, 0.3) is 10.9 Å². The topological polar surface area (TPSA) is 96.3 Å². The Hall–Kier alpha value is -2.86. The van der Waals surface area contributed by atoms with E-state index in [4.69, 9.17) is 28.0 Å². The van der Waals surface area contributed by atoms with Gasteiger partial charge in [0.05, 0.1) is 44.2 Å². The number of hydrogen-bond donors (Lipinski definition) is 1. The second-order valence-electron chi connectivity index (χ2n) is 9.16. The van der Waals surface area contributed by atoms with Gasteiger partial charge in [0, 0.05) is 35.1 Å². The average Bonchev–Trinajstić information content (AvgIpc) is 3.52. The molecule has 3 fully saturated rings. The van der Waals surface area contributed by atoms with E-state index in [0.717, 1.165) is 53.3 Å². The summed E-state index contributed by atoms with van der Waals surface area (Å²) in [6, 6.07) is 6.33.